The van der Waals surface area contributed by atoms with Crippen LogP contribution in [0.1, 0.15) is 72.1 Å². The number of rotatable bonds is 4. The first kappa shape index (κ1) is 20.2. The number of alkyl halides is 2. The lowest BCUT2D eigenvalue weighted by Crippen LogP contribution is -2.21. The van der Waals surface area contributed by atoms with E-state index in [-0.39, 0.29) is 5.60 Å². The Bertz CT molecular complexity index is 130. The number of hydrogen-bond acceptors (Lipinski definition) is 1. The number of aliphatic hydroxyl groups is 1. The third-order valence-corrected chi connectivity index (χ3v) is 3.83. The van der Waals surface area contributed by atoms with Crippen LogP contribution in [0.4, 0.5) is 0 Å². The largest absolute Gasteiger partial charge is 0.390 e. The highest BCUT2D eigenvalue weighted by Gasteiger charge is 2.28. The molecular weight excluding hydrogens is 344 g/mol. The van der Waals surface area contributed by atoms with Crippen LogP contribution in [0.2, 0.25) is 0 Å². The van der Waals surface area contributed by atoms with Gasteiger partial charge < -0.3 is 5.11 Å². The van der Waals surface area contributed by atoms with E-state index in [1.54, 1.807) is 0 Å². The van der Waals surface area contributed by atoms with Crippen molar-refractivity contribution in [2.45, 2.75) is 77.7 Å². The summed E-state index contributed by atoms with van der Waals surface area (Å²) in [5.41, 5.74) is -0.264. The minimum absolute atomic E-state index is 0.264. The van der Waals surface area contributed by atoms with Gasteiger partial charge in [-0.15, -0.1) is 0 Å². The molecule has 0 aliphatic heterocycles. The fourth-order valence-corrected chi connectivity index (χ4v) is 2.37. The van der Waals surface area contributed by atoms with E-state index in [4.69, 9.17) is 0 Å². The van der Waals surface area contributed by atoms with Crippen molar-refractivity contribution in [3.05, 3.63) is 0 Å². The van der Waals surface area contributed by atoms with Crippen molar-refractivity contribution in [2.75, 3.05) is 10.7 Å². The summed E-state index contributed by atoms with van der Waals surface area (Å²) in [5, 5.41) is 11.8. The molecule has 0 radical (unpaired) electrons. The molecule has 3 heteroatoms. The Hall–Kier alpha value is 0.920. The first-order valence-corrected chi connectivity index (χ1v) is 9.18. The van der Waals surface area contributed by atoms with Crippen LogP contribution >= 0.6 is 31.9 Å². The van der Waals surface area contributed by atoms with E-state index in [1.165, 1.54) is 32.1 Å². The molecule has 0 aromatic rings. The number of halogens is 2. The highest BCUT2D eigenvalue weighted by Crippen LogP contribution is 2.31. The second-order valence-corrected chi connectivity index (χ2v) is 6.16. The monoisotopic (exact) mass is 372 g/mol. The molecule has 1 N–H and O–H groups in total. The molecule has 0 aromatic carbocycles. The van der Waals surface area contributed by atoms with E-state index in [9.17, 15) is 5.11 Å². The van der Waals surface area contributed by atoms with Crippen molar-refractivity contribution < 1.29 is 5.11 Å². The van der Waals surface area contributed by atoms with Gasteiger partial charge in [0, 0.05) is 10.7 Å². The van der Waals surface area contributed by atoms with Crippen molar-refractivity contribution in [1.29, 1.82) is 0 Å². The van der Waals surface area contributed by atoms with Gasteiger partial charge in [0.25, 0.3) is 0 Å². The van der Waals surface area contributed by atoms with Crippen molar-refractivity contribution in [3.8, 4) is 0 Å². The molecule has 0 atom stereocenters. The molecule has 1 rings (SSSR count). The van der Waals surface area contributed by atoms with E-state index in [0.29, 0.717) is 0 Å². The molecule has 1 nitrogen and oxygen atoms in total. The summed E-state index contributed by atoms with van der Waals surface area (Å²) in [6.07, 6.45) is 9.27. The third kappa shape index (κ3) is 14.9. The molecule has 0 amide bonds. The van der Waals surface area contributed by atoms with E-state index in [0.717, 1.165) is 29.9 Å². The minimum Gasteiger partial charge on any atom is -0.390 e. The Balaban J connectivity index is 0. The molecule has 0 spiro atoms. The van der Waals surface area contributed by atoms with Crippen LogP contribution in [0.3, 0.4) is 0 Å². The van der Waals surface area contributed by atoms with Gasteiger partial charge in [-0.1, -0.05) is 71.9 Å². The van der Waals surface area contributed by atoms with Crippen molar-refractivity contribution in [1.82, 2.24) is 0 Å². The molecule has 17 heavy (non-hydrogen) atoms. The first-order valence-electron chi connectivity index (χ1n) is 6.94. The molecule has 1 fully saturated rings. The summed E-state index contributed by atoms with van der Waals surface area (Å²) in [5.74, 6) is 0. The molecule has 0 saturated heterocycles. The van der Waals surface area contributed by atoms with Crippen LogP contribution < -0.4 is 0 Å². The quantitative estimate of drug-likeness (QED) is 0.496. The van der Waals surface area contributed by atoms with Crippen LogP contribution in [0.5, 0.6) is 0 Å². The molecule has 1 aliphatic rings. The second-order valence-electron chi connectivity index (χ2n) is 4.58. The summed E-state index contributed by atoms with van der Waals surface area (Å²) in [6, 6.07) is 0. The predicted molar refractivity (Wildman–Crippen MR) is 86.5 cm³/mol. The third-order valence-electron chi connectivity index (χ3n) is 2.71. The molecule has 0 heterocycles. The van der Waals surface area contributed by atoms with Crippen LogP contribution in [0, 0.1) is 0 Å². The molecular formula is C14H30Br2O. The summed E-state index contributed by atoms with van der Waals surface area (Å²) in [4.78, 5) is 0. The molecule has 0 aromatic heterocycles. The van der Waals surface area contributed by atoms with Gasteiger partial charge in [0.05, 0.1) is 5.60 Å². The normalized spacial score (nSPS) is 16.6. The zero-order chi connectivity index (χ0) is 13.6. The highest BCUT2D eigenvalue weighted by atomic mass is 79.9. The van der Waals surface area contributed by atoms with E-state index < -0.39 is 0 Å². The summed E-state index contributed by atoms with van der Waals surface area (Å²) in [6.45, 7) is 6.31. The van der Waals surface area contributed by atoms with Gasteiger partial charge in [-0.2, -0.15) is 0 Å². The first-order chi connectivity index (χ1) is 8.10. The van der Waals surface area contributed by atoms with Crippen LogP contribution in [-0.2, 0) is 0 Å². The molecule has 1 aliphatic carbocycles. The maximum atomic E-state index is 9.50. The topological polar surface area (TPSA) is 20.2 Å². The van der Waals surface area contributed by atoms with Gasteiger partial charge >= 0.3 is 0 Å². The maximum Gasteiger partial charge on any atom is 0.0645 e. The molecule has 0 unspecified atom stereocenters. The lowest BCUT2D eigenvalue weighted by Gasteiger charge is -2.18. The van der Waals surface area contributed by atoms with E-state index >= 15 is 0 Å². The van der Waals surface area contributed by atoms with Gasteiger partial charge in [-0.3, -0.25) is 0 Å². The van der Waals surface area contributed by atoms with Crippen LogP contribution in [-0.4, -0.2) is 21.4 Å². The molecule has 1 saturated carbocycles. The molecule has 106 valence electrons. The van der Waals surface area contributed by atoms with Crippen molar-refractivity contribution in [2.24, 2.45) is 0 Å². The van der Waals surface area contributed by atoms with Crippen molar-refractivity contribution in [3.63, 3.8) is 0 Å². The van der Waals surface area contributed by atoms with Crippen molar-refractivity contribution >= 4 is 31.9 Å². The number of unbranched alkanes of at least 4 members (excludes halogenated alkanes) is 1. The average molecular weight is 374 g/mol. The number of hydrogen-bond donors (Lipinski definition) is 1. The van der Waals surface area contributed by atoms with Gasteiger partial charge in [0.1, 0.15) is 0 Å². The van der Waals surface area contributed by atoms with E-state index in [1.807, 2.05) is 0 Å². The summed E-state index contributed by atoms with van der Waals surface area (Å²) < 4.78 is 0. The summed E-state index contributed by atoms with van der Waals surface area (Å²) >= 11 is 6.66. The fraction of sp³-hybridized carbons (Fsp3) is 1.00. The van der Waals surface area contributed by atoms with Crippen LogP contribution in [0.15, 0.2) is 0 Å². The Kier molecular flexibility index (Phi) is 17.8. The molecule has 0 bridgehead atoms. The van der Waals surface area contributed by atoms with E-state index in [2.05, 4.69) is 52.6 Å². The Labute approximate surface area is 125 Å². The van der Waals surface area contributed by atoms with Gasteiger partial charge in [-0.05, 0) is 32.1 Å². The van der Waals surface area contributed by atoms with Gasteiger partial charge in [0.15, 0.2) is 0 Å². The Morgan fingerprint density at radius 1 is 0.941 bits per heavy atom. The standard InChI is InChI=1S/C7H14O.C4H8Br2.C3H8/c1-2-7(8)5-3-4-6-7;5-3-1-2-4-6;1-3-2/h8H,2-6H2,1H3;1-4H2;3H2,1-2H3. The summed E-state index contributed by atoms with van der Waals surface area (Å²) in [7, 11) is 0. The lowest BCUT2D eigenvalue weighted by molar-refractivity contribution is 0.0439. The average Bonchev–Trinajstić information content (AvgIpc) is 2.76. The Morgan fingerprint density at radius 2 is 1.29 bits per heavy atom. The van der Waals surface area contributed by atoms with Crippen LogP contribution in [0.25, 0.3) is 0 Å². The predicted octanol–water partition coefficient (Wildman–Crippen LogP) is 5.67. The SMILES string of the molecule is BrCCCCBr.CCC.CCC1(O)CCCC1. The Morgan fingerprint density at radius 3 is 1.47 bits per heavy atom. The minimum atomic E-state index is -0.264. The fourth-order valence-electron chi connectivity index (χ4n) is 1.58. The van der Waals surface area contributed by atoms with Gasteiger partial charge in [-0.25, -0.2) is 0 Å². The second kappa shape index (κ2) is 15.0. The highest BCUT2D eigenvalue weighted by molar-refractivity contribution is 9.09. The zero-order valence-electron chi connectivity index (χ0n) is 11.8. The smallest absolute Gasteiger partial charge is 0.0645 e. The zero-order valence-corrected chi connectivity index (χ0v) is 14.9. The maximum absolute atomic E-state index is 9.50. The lowest BCUT2D eigenvalue weighted by atomic mass is 10.00. The van der Waals surface area contributed by atoms with Gasteiger partial charge in [0.2, 0.25) is 0 Å².